The van der Waals surface area contributed by atoms with Gasteiger partial charge in [-0.05, 0) is 43.2 Å². The SMILES string of the molecule is Cc1cnn(C)c1-c1cc(N2CCOC[C@H]2C)nc(-c2cc(CO)cc3[nH]ccc23)n1. The molecular weight excluding hydrogens is 392 g/mol. The lowest BCUT2D eigenvalue weighted by Gasteiger charge is -2.34. The summed E-state index contributed by atoms with van der Waals surface area (Å²) in [5, 5.41) is 15.2. The Balaban J connectivity index is 1.75. The van der Waals surface area contributed by atoms with Crippen molar-refractivity contribution in [3.63, 3.8) is 0 Å². The molecule has 4 heterocycles. The number of H-pyrrole nitrogens is 1. The van der Waals surface area contributed by atoms with E-state index < -0.39 is 0 Å². The Morgan fingerprint density at radius 2 is 2.13 bits per heavy atom. The number of nitrogens with zero attached hydrogens (tertiary/aromatic N) is 5. The Kier molecular flexibility index (Phi) is 4.95. The maximum atomic E-state index is 9.79. The summed E-state index contributed by atoms with van der Waals surface area (Å²) in [4.78, 5) is 15.5. The first-order valence-corrected chi connectivity index (χ1v) is 10.5. The molecule has 0 saturated carbocycles. The standard InChI is InChI=1S/C23H26N6O2/c1-14-11-25-28(3)22(14)20-10-21(29-6-7-31-13-15(29)2)27-23(26-20)18-8-16(12-30)9-19-17(18)4-5-24-19/h4-5,8-11,15,24,30H,6-7,12-13H2,1-3H3/t15-/m1/s1. The lowest BCUT2D eigenvalue weighted by Crippen LogP contribution is -2.44. The van der Waals surface area contributed by atoms with Crippen LogP contribution >= 0.6 is 0 Å². The van der Waals surface area contributed by atoms with E-state index in [4.69, 9.17) is 14.7 Å². The number of aromatic nitrogens is 5. The lowest BCUT2D eigenvalue weighted by molar-refractivity contribution is 0.0985. The first-order chi connectivity index (χ1) is 15.0. The molecule has 0 aliphatic carbocycles. The normalized spacial score (nSPS) is 16.9. The molecule has 1 aromatic carbocycles. The second kappa shape index (κ2) is 7.79. The largest absolute Gasteiger partial charge is 0.392 e. The van der Waals surface area contributed by atoms with Crippen LogP contribution in [0.3, 0.4) is 0 Å². The molecule has 4 aromatic rings. The Labute approximate surface area is 180 Å². The molecule has 5 rings (SSSR count). The molecule has 1 aliphatic rings. The minimum Gasteiger partial charge on any atom is -0.392 e. The van der Waals surface area contributed by atoms with Crippen molar-refractivity contribution in [1.82, 2.24) is 24.7 Å². The highest BCUT2D eigenvalue weighted by atomic mass is 16.5. The van der Waals surface area contributed by atoms with E-state index in [1.54, 1.807) is 0 Å². The van der Waals surface area contributed by atoms with Gasteiger partial charge in [0.25, 0.3) is 0 Å². The van der Waals surface area contributed by atoms with Crippen molar-refractivity contribution in [2.75, 3.05) is 24.7 Å². The van der Waals surface area contributed by atoms with E-state index in [1.807, 2.05) is 55.3 Å². The number of aliphatic hydroxyl groups excluding tert-OH is 1. The molecule has 8 heteroatoms. The molecule has 2 N–H and O–H groups in total. The fourth-order valence-electron chi connectivity index (χ4n) is 4.31. The predicted octanol–water partition coefficient (Wildman–Crippen LogP) is 3.05. The monoisotopic (exact) mass is 418 g/mol. The van der Waals surface area contributed by atoms with Crippen LogP contribution in [0.2, 0.25) is 0 Å². The average Bonchev–Trinajstić information content (AvgIpc) is 3.38. The van der Waals surface area contributed by atoms with Gasteiger partial charge in [0.2, 0.25) is 0 Å². The molecule has 160 valence electrons. The first kappa shape index (κ1) is 19.7. The van der Waals surface area contributed by atoms with E-state index in [9.17, 15) is 5.11 Å². The van der Waals surface area contributed by atoms with Crippen molar-refractivity contribution in [2.24, 2.45) is 7.05 Å². The van der Waals surface area contributed by atoms with Crippen LogP contribution in [0.25, 0.3) is 33.7 Å². The maximum Gasteiger partial charge on any atom is 0.162 e. The third-order valence-electron chi connectivity index (χ3n) is 5.89. The van der Waals surface area contributed by atoms with Crippen LogP contribution in [0, 0.1) is 6.92 Å². The minimum atomic E-state index is -0.0458. The Morgan fingerprint density at radius 3 is 2.87 bits per heavy atom. The highest BCUT2D eigenvalue weighted by molar-refractivity contribution is 5.94. The third-order valence-corrected chi connectivity index (χ3v) is 5.89. The fraction of sp³-hybridized carbons (Fsp3) is 0.348. The Morgan fingerprint density at radius 1 is 1.26 bits per heavy atom. The van der Waals surface area contributed by atoms with E-state index in [-0.39, 0.29) is 12.6 Å². The number of fused-ring (bicyclic) bond motifs is 1. The number of morpholine rings is 1. The summed E-state index contributed by atoms with van der Waals surface area (Å²) in [6.45, 7) is 6.26. The third kappa shape index (κ3) is 3.47. The number of hydrogen-bond acceptors (Lipinski definition) is 6. The van der Waals surface area contributed by atoms with Crippen molar-refractivity contribution < 1.29 is 9.84 Å². The van der Waals surface area contributed by atoms with E-state index in [0.29, 0.717) is 19.0 Å². The number of aromatic amines is 1. The van der Waals surface area contributed by atoms with Gasteiger partial charge in [0.1, 0.15) is 5.82 Å². The van der Waals surface area contributed by atoms with Gasteiger partial charge in [0.15, 0.2) is 5.82 Å². The van der Waals surface area contributed by atoms with Crippen LogP contribution in [-0.2, 0) is 18.4 Å². The molecule has 0 amide bonds. The summed E-state index contributed by atoms with van der Waals surface area (Å²) in [6.07, 6.45) is 3.75. The highest BCUT2D eigenvalue weighted by Crippen LogP contribution is 2.33. The van der Waals surface area contributed by atoms with Gasteiger partial charge in [-0.1, -0.05) is 0 Å². The number of anilines is 1. The zero-order chi connectivity index (χ0) is 21.5. The predicted molar refractivity (Wildman–Crippen MR) is 120 cm³/mol. The van der Waals surface area contributed by atoms with Gasteiger partial charge in [0.05, 0.1) is 43.4 Å². The number of aryl methyl sites for hydroxylation is 2. The molecule has 0 spiro atoms. The number of ether oxygens (including phenoxy) is 1. The van der Waals surface area contributed by atoms with Crippen molar-refractivity contribution in [2.45, 2.75) is 26.5 Å². The van der Waals surface area contributed by atoms with Crippen molar-refractivity contribution in [1.29, 1.82) is 0 Å². The van der Waals surface area contributed by atoms with Gasteiger partial charge in [0, 0.05) is 42.3 Å². The van der Waals surface area contributed by atoms with Crippen LogP contribution < -0.4 is 4.90 Å². The molecule has 1 saturated heterocycles. The topological polar surface area (TPSA) is 92.1 Å². The molecule has 8 nitrogen and oxygen atoms in total. The van der Waals surface area contributed by atoms with Crippen LogP contribution in [-0.4, -0.2) is 55.6 Å². The highest BCUT2D eigenvalue weighted by Gasteiger charge is 2.24. The molecule has 31 heavy (non-hydrogen) atoms. The zero-order valence-electron chi connectivity index (χ0n) is 18.0. The molecule has 1 fully saturated rings. The number of benzene rings is 1. The Hall–Kier alpha value is -3.23. The lowest BCUT2D eigenvalue weighted by atomic mass is 10.0. The number of aliphatic hydroxyl groups is 1. The van der Waals surface area contributed by atoms with E-state index in [1.165, 1.54) is 0 Å². The van der Waals surface area contributed by atoms with Crippen LogP contribution in [0.1, 0.15) is 18.1 Å². The van der Waals surface area contributed by atoms with Crippen molar-refractivity contribution in [3.05, 3.63) is 47.8 Å². The quantitative estimate of drug-likeness (QED) is 0.529. The first-order valence-electron chi connectivity index (χ1n) is 10.5. The number of rotatable bonds is 4. The van der Waals surface area contributed by atoms with Gasteiger partial charge < -0.3 is 19.7 Å². The molecule has 1 aliphatic heterocycles. The van der Waals surface area contributed by atoms with Crippen LogP contribution in [0.5, 0.6) is 0 Å². The van der Waals surface area contributed by atoms with Gasteiger partial charge in [-0.3, -0.25) is 4.68 Å². The zero-order valence-corrected chi connectivity index (χ0v) is 18.0. The fourth-order valence-corrected chi connectivity index (χ4v) is 4.31. The van der Waals surface area contributed by atoms with Gasteiger partial charge in [-0.15, -0.1) is 0 Å². The van der Waals surface area contributed by atoms with E-state index in [2.05, 4.69) is 21.9 Å². The van der Waals surface area contributed by atoms with Gasteiger partial charge >= 0.3 is 0 Å². The van der Waals surface area contributed by atoms with E-state index in [0.717, 1.165) is 51.3 Å². The van der Waals surface area contributed by atoms with Crippen molar-refractivity contribution in [3.8, 4) is 22.8 Å². The average molecular weight is 419 g/mol. The minimum absolute atomic E-state index is 0.0458. The van der Waals surface area contributed by atoms with Gasteiger partial charge in [-0.2, -0.15) is 5.10 Å². The summed E-state index contributed by atoms with van der Waals surface area (Å²) in [5.41, 5.74) is 5.52. The second-order valence-corrected chi connectivity index (χ2v) is 8.09. The van der Waals surface area contributed by atoms with Crippen LogP contribution in [0.15, 0.2) is 36.7 Å². The molecule has 0 unspecified atom stereocenters. The summed E-state index contributed by atoms with van der Waals surface area (Å²) in [6, 6.07) is 8.21. The molecule has 1 atom stereocenters. The summed E-state index contributed by atoms with van der Waals surface area (Å²) in [5.74, 6) is 1.50. The molecule has 0 bridgehead atoms. The molecular formula is C23H26N6O2. The Bertz CT molecular complexity index is 1220. The molecule has 3 aromatic heterocycles. The maximum absolute atomic E-state index is 9.79. The molecule has 0 radical (unpaired) electrons. The van der Waals surface area contributed by atoms with Crippen molar-refractivity contribution >= 4 is 16.7 Å². The summed E-state index contributed by atoms with van der Waals surface area (Å²) in [7, 11) is 1.93. The van der Waals surface area contributed by atoms with Gasteiger partial charge in [-0.25, -0.2) is 9.97 Å². The van der Waals surface area contributed by atoms with E-state index >= 15 is 0 Å². The second-order valence-electron chi connectivity index (χ2n) is 8.09. The van der Waals surface area contributed by atoms with Crippen LogP contribution in [0.4, 0.5) is 5.82 Å². The number of hydrogen-bond donors (Lipinski definition) is 2. The number of nitrogens with one attached hydrogen (secondary N) is 1. The summed E-state index contributed by atoms with van der Waals surface area (Å²) >= 11 is 0. The summed E-state index contributed by atoms with van der Waals surface area (Å²) < 4.78 is 7.49. The smallest absolute Gasteiger partial charge is 0.162 e.